The number of benzene rings is 1. The van der Waals surface area contributed by atoms with Crippen molar-refractivity contribution < 1.29 is 18.3 Å². The standard InChI is InChI=1S/C10H11F3OS/c1-7-2-4-8(5-3-7)15-6-9(14)10(11,12)13/h2-5,9,14H,6H2,1H3. The minimum atomic E-state index is -4.53. The predicted molar refractivity (Wildman–Crippen MR) is 54.0 cm³/mol. The highest BCUT2D eigenvalue weighted by Crippen LogP contribution is 2.26. The summed E-state index contributed by atoms with van der Waals surface area (Å²) in [6.45, 7) is 1.90. The topological polar surface area (TPSA) is 20.2 Å². The number of hydrogen-bond donors (Lipinski definition) is 1. The minimum Gasteiger partial charge on any atom is -0.383 e. The zero-order chi connectivity index (χ0) is 11.5. The van der Waals surface area contributed by atoms with E-state index in [2.05, 4.69) is 0 Å². The molecule has 0 heterocycles. The van der Waals surface area contributed by atoms with Gasteiger partial charge in [-0.25, -0.2) is 0 Å². The number of rotatable bonds is 3. The van der Waals surface area contributed by atoms with E-state index in [1.165, 1.54) is 0 Å². The lowest BCUT2D eigenvalue weighted by molar-refractivity contribution is -0.195. The SMILES string of the molecule is Cc1ccc(SCC(O)C(F)(F)F)cc1. The molecule has 0 amide bonds. The number of aryl methyl sites for hydroxylation is 1. The first-order chi connectivity index (χ1) is 6.89. The molecule has 0 spiro atoms. The molecule has 0 aromatic heterocycles. The van der Waals surface area contributed by atoms with E-state index in [9.17, 15) is 13.2 Å². The maximum Gasteiger partial charge on any atom is 0.415 e. The van der Waals surface area contributed by atoms with E-state index in [0.717, 1.165) is 22.2 Å². The number of hydrogen-bond acceptors (Lipinski definition) is 2. The molecular formula is C10H11F3OS. The molecule has 0 fully saturated rings. The average molecular weight is 236 g/mol. The van der Waals surface area contributed by atoms with Gasteiger partial charge in [0.1, 0.15) is 0 Å². The van der Waals surface area contributed by atoms with E-state index in [1.807, 2.05) is 19.1 Å². The van der Waals surface area contributed by atoms with Crippen molar-refractivity contribution in [3.63, 3.8) is 0 Å². The van der Waals surface area contributed by atoms with Crippen LogP contribution in [0, 0.1) is 6.92 Å². The van der Waals surface area contributed by atoms with Crippen molar-refractivity contribution in [2.45, 2.75) is 24.1 Å². The molecule has 1 aromatic rings. The van der Waals surface area contributed by atoms with E-state index in [-0.39, 0.29) is 5.75 Å². The summed E-state index contributed by atoms with van der Waals surface area (Å²) in [6, 6.07) is 7.12. The van der Waals surface area contributed by atoms with Crippen molar-refractivity contribution in [3.8, 4) is 0 Å². The van der Waals surface area contributed by atoms with Crippen LogP contribution in [0.15, 0.2) is 29.2 Å². The second-order valence-corrected chi connectivity index (χ2v) is 4.27. The molecule has 0 aliphatic heterocycles. The molecule has 1 nitrogen and oxygen atoms in total. The van der Waals surface area contributed by atoms with Crippen molar-refractivity contribution in [2.24, 2.45) is 0 Å². The molecule has 0 aliphatic carbocycles. The lowest BCUT2D eigenvalue weighted by atomic mass is 10.2. The van der Waals surface area contributed by atoms with Gasteiger partial charge in [0, 0.05) is 10.6 Å². The molecule has 1 unspecified atom stereocenters. The van der Waals surface area contributed by atoms with Crippen molar-refractivity contribution in [2.75, 3.05) is 5.75 Å². The van der Waals surface area contributed by atoms with Crippen LogP contribution in [-0.2, 0) is 0 Å². The number of halogens is 3. The summed E-state index contributed by atoms with van der Waals surface area (Å²) >= 11 is 0.994. The Labute approximate surface area is 90.3 Å². The second kappa shape index (κ2) is 4.90. The third-order valence-electron chi connectivity index (χ3n) is 1.81. The smallest absolute Gasteiger partial charge is 0.383 e. The summed E-state index contributed by atoms with van der Waals surface area (Å²) in [4.78, 5) is 0.726. The van der Waals surface area contributed by atoms with E-state index < -0.39 is 12.3 Å². The molecule has 0 bridgehead atoms. The van der Waals surface area contributed by atoms with Gasteiger partial charge >= 0.3 is 6.18 Å². The Bertz CT molecular complexity index is 307. The van der Waals surface area contributed by atoms with Gasteiger partial charge in [-0.1, -0.05) is 17.7 Å². The monoisotopic (exact) mass is 236 g/mol. The lowest BCUT2D eigenvalue weighted by Crippen LogP contribution is -2.30. The van der Waals surface area contributed by atoms with Crippen LogP contribution in [0.25, 0.3) is 0 Å². The van der Waals surface area contributed by atoms with E-state index in [4.69, 9.17) is 5.11 Å². The molecule has 1 rings (SSSR count). The van der Waals surface area contributed by atoms with Crippen LogP contribution in [0.3, 0.4) is 0 Å². The van der Waals surface area contributed by atoms with Crippen LogP contribution >= 0.6 is 11.8 Å². The molecule has 15 heavy (non-hydrogen) atoms. The Morgan fingerprint density at radius 3 is 2.27 bits per heavy atom. The Morgan fingerprint density at radius 2 is 1.80 bits per heavy atom. The fourth-order valence-electron chi connectivity index (χ4n) is 0.904. The van der Waals surface area contributed by atoms with Gasteiger partial charge in [0.2, 0.25) is 0 Å². The molecule has 0 radical (unpaired) electrons. The molecule has 0 aliphatic rings. The third kappa shape index (κ3) is 4.13. The highest BCUT2D eigenvalue weighted by atomic mass is 32.2. The molecular weight excluding hydrogens is 225 g/mol. The van der Waals surface area contributed by atoms with Gasteiger partial charge in [0.15, 0.2) is 6.10 Å². The summed E-state index contributed by atoms with van der Waals surface area (Å²) in [7, 11) is 0. The fraction of sp³-hybridized carbons (Fsp3) is 0.400. The lowest BCUT2D eigenvalue weighted by Gasteiger charge is -2.13. The molecule has 1 aromatic carbocycles. The van der Waals surface area contributed by atoms with Crippen LogP contribution < -0.4 is 0 Å². The Hall–Kier alpha value is -0.680. The van der Waals surface area contributed by atoms with Gasteiger partial charge in [0.25, 0.3) is 0 Å². The summed E-state index contributed by atoms with van der Waals surface area (Å²) in [5.74, 6) is -0.368. The van der Waals surface area contributed by atoms with Gasteiger partial charge in [-0.2, -0.15) is 13.2 Å². The molecule has 5 heteroatoms. The van der Waals surface area contributed by atoms with Gasteiger partial charge in [-0.3, -0.25) is 0 Å². The Morgan fingerprint density at radius 1 is 1.27 bits per heavy atom. The molecule has 84 valence electrons. The van der Waals surface area contributed by atoms with Crippen molar-refractivity contribution in [1.82, 2.24) is 0 Å². The number of thioether (sulfide) groups is 1. The number of aliphatic hydroxyl groups is 1. The van der Waals surface area contributed by atoms with E-state index in [0.29, 0.717) is 0 Å². The summed E-state index contributed by atoms with van der Waals surface area (Å²) in [5.41, 5.74) is 1.05. The number of alkyl halides is 3. The maximum atomic E-state index is 12.0. The normalized spacial score (nSPS) is 13.9. The molecule has 0 saturated heterocycles. The maximum absolute atomic E-state index is 12.0. The zero-order valence-electron chi connectivity index (χ0n) is 8.08. The number of aliphatic hydroxyl groups excluding tert-OH is 1. The second-order valence-electron chi connectivity index (χ2n) is 3.18. The quantitative estimate of drug-likeness (QED) is 0.814. The van der Waals surface area contributed by atoms with Crippen LogP contribution in [0.1, 0.15) is 5.56 Å². The average Bonchev–Trinajstić information content (AvgIpc) is 2.15. The van der Waals surface area contributed by atoms with Crippen molar-refractivity contribution >= 4 is 11.8 Å². The fourth-order valence-corrected chi connectivity index (χ4v) is 1.77. The molecule has 1 atom stereocenters. The van der Waals surface area contributed by atoms with Crippen molar-refractivity contribution in [3.05, 3.63) is 29.8 Å². The zero-order valence-corrected chi connectivity index (χ0v) is 8.90. The molecule has 0 saturated carbocycles. The molecule has 1 N–H and O–H groups in total. The van der Waals surface area contributed by atoms with Gasteiger partial charge in [-0.05, 0) is 19.1 Å². The van der Waals surface area contributed by atoms with Crippen LogP contribution in [-0.4, -0.2) is 23.1 Å². The van der Waals surface area contributed by atoms with Gasteiger partial charge in [0.05, 0.1) is 0 Å². The first kappa shape index (κ1) is 12.4. The van der Waals surface area contributed by atoms with Gasteiger partial charge < -0.3 is 5.11 Å². The van der Waals surface area contributed by atoms with E-state index in [1.54, 1.807) is 12.1 Å². The van der Waals surface area contributed by atoms with Crippen LogP contribution in [0.5, 0.6) is 0 Å². The van der Waals surface area contributed by atoms with Gasteiger partial charge in [-0.15, -0.1) is 11.8 Å². The van der Waals surface area contributed by atoms with E-state index >= 15 is 0 Å². The Kier molecular flexibility index (Phi) is 4.04. The van der Waals surface area contributed by atoms with Crippen LogP contribution in [0.2, 0.25) is 0 Å². The van der Waals surface area contributed by atoms with Crippen molar-refractivity contribution in [1.29, 1.82) is 0 Å². The summed E-state index contributed by atoms with van der Waals surface area (Å²) in [6.07, 6.45) is -6.79. The highest BCUT2D eigenvalue weighted by Gasteiger charge is 2.37. The third-order valence-corrected chi connectivity index (χ3v) is 2.89. The minimum absolute atomic E-state index is 0.368. The van der Waals surface area contributed by atoms with Crippen LogP contribution in [0.4, 0.5) is 13.2 Å². The summed E-state index contributed by atoms with van der Waals surface area (Å²) < 4.78 is 35.9. The summed E-state index contributed by atoms with van der Waals surface area (Å²) in [5, 5.41) is 8.76. The largest absolute Gasteiger partial charge is 0.415 e. The highest BCUT2D eigenvalue weighted by molar-refractivity contribution is 7.99. The predicted octanol–water partition coefficient (Wildman–Crippen LogP) is 3.01. The first-order valence-corrected chi connectivity index (χ1v) is 5.32. The Balaban J connectivity index is 2.47. The first-order valence-electron chi connectivity index (χ1n) is 4.34.